The molecule has 1 fully saturated rings. The zero-order valence-electron chi connectivity index (χ0n) is 9.44. The second-order valence-electron chi connectivity index (χ2n) is 3.93. The van der Waals surface area contributed by atoms with E-state index in [1.807, 2.05) is 6.92 Å². The van der Waals surface area contributed by atoms with Crippen LogP contribution in [0.5, 0.6) is 0 Å². The van der Waals surface area contributed by atoms with Crippen molar-refractivity contribution in [2.24, 2.45) is 5.92 Å². The van der Waals surface area contributed by atoms with Crippen LogP contribution in [0, 0.1) is 5.92 Å². The van der Waals surface area contributed by atoms with Crippen molar-refractivity contribution in [1.29, 1.82) is 0 Å². The molecule has 0 aliphatic carbocycles. The minimum Gasteiger partial charge on any atom is -0.465 e. The van der Waals surface area contributed by atoms with Gasteiger partial charge in [0.05, 0.1) is 5.92 Å². The number of likely N-dealkylation sites (tertiary alicyclic amines) is 1. The Bertz CT molecular complexity index is 300. The van der Waals surface area contributed by atoms with Gasteiger partial charge in [0.2, 0.25) is 0 Å². The number of rotatable bonds is 4. The van der Waals surface area contributed by atoms with E-state index >= 15 is 0 Å². The molecule has 1 rings (SSSR count). The van der Waals surface area contributed by atoms with Gasteiger partial charge in [0.15, 0.2) is 0 Å². The number of carboxylic acid groups (broad SMARTS) is 1. The van der Waals surface area contributed by atoms with Gasteiger partial charge in [0.25, 0.3) is 0 Å². The first-order valence-electron chi connectivity index (χ1n) is 5.35. The highest BCUT2D eigenvalue weighted by molar-refractivity contribution is 5.75. The molecule has 0 spiro atoms. The first-order chi connectivity index (χ1) is 7.54. The van der Waals surface area contributed by atoms with Crippen molar-refractivity contribution in [3.8, 4) is 0 Å². The topological polar surface area (TPSA) is 66.8 Å². The molecule has 5 nitrogen and oxygen atoms in total. The van der Waals surface area contributed by atoms with Gasteiger partial charge in [-0.25, -0.2) is 4.79 Å². The Morgan fingerprint density at radius 2 is 2.25 bits per heavy atom. The first kappa shape index (κ1) is 12.5. The molecule has 0 aromatic carbocycles. The molecule has 1 N–H and O–H groups in total. The Labute approximate surface area is 94.7 Å². The molecule has 1 heterocycles. The molecule has 5 heteroatoms. The first-order valence-corrected chi connectivity index (χ1v) is 5.35. The van der Waals surface area contributed by atoms with E-state index in [4.69, 9.17) is 9.84 Å². The monoisotopic (exact) mass is 227 g/mol. The lowest BCUT2D eigenvalue weighted by molar-refractivity contribution is -0.147. The standard InChI is InChI=1S/C11H17NO4/c1-3-8(2)7-16-10(13)9-4-5-12(6-9)11(14)15/h9H,2-7H2,1H3,(H,14,15). The van der Waals surface area contributed by atoms with Gasteiger partial charge in [-0.2, -0.15) is 0 Å². The maximum Gasteiger partial charge on any atom is 0.407 e. The largest absolute Gasteiger partial charge is 0.465 e. The molecule has 1 aliphatic rings. The zero-order chi connectivity index (χ0) is 12.1. The third kappa shape index (κ3) is 3.25. The summed E-state index contributed by atoms with van der Waals surface area (Å²) in [5.74, 6) is -0.640. The van der Waals surface area contributed by atoms with Crippen LogP contribution in [-0.4, -0.2) is 41.8 Å². The van der Waals surface area contributed by atoms with Crippen molar-refractivity contribution in [3.63, 3.8) is 0 Å². The highest BCUT2D eigenvalue weighted by Gasteiger charge is 2.31. The lowest BCUT2D eigenvalue weighted by Crippen LogP contribution is -2.28. The molecule has 0 saturated carbocycles. The van der Waals surface area contributed by atoms with Crippen LogP contribution in [0.1, 0.15) is 19.8 Å². The Morgan fingerprint density at radius 1 is 1.56 bits per heavy atom. The van der Waals surface area contributed by atoms with Gasteiger partial charge in [-0.05, 0) is 18.4 Å². The van der Waals surface area contributed by atoms with Gasteiger partial charge in [0.1, 0.15) is 6.61 Å². The molecule has 0 aromatic heterocycles. The summed E-state index contributed by atoms with van der Waals surface area (Å²) in [4.78, 5) is 23.4. The number of carbonyl (C=O) groups is 2. The van der Waals surface area contributed by atoms with Crippen molar-refractivity contribution in [3.05, 3.63) is 12.2 Å². The van der Waals surface area contributed by atoms with E-state index in [0.717, 1.165) is 12.0 Å². The lowest BCUT2D eigenvalue weighted by Gasteiger charge is -2.12. The SMILES string of the molecule is C=C(CC)COC(=O)C1CCN(C(=O)O)C1. The van der Waals surface area contributed by atoms with E-state index < -0.39 is 6.09 Å². The third-order valence-electron chi connectivity index (χ3n) is 2.71. The van der Waals surface area contributed by atoms with Gasteiger partial charge in [-0.15, -0.1) is 0 Å². The van der Waals surface area contributed by atoms with Gasteiger partial charge in [0, 0.05) is 13.1 Å². The molecule has 1 amide bonds. The minimum atomic E-state index is -0.978. The summed E-state index contributed by atoms with van der Waals surface area (Å²) in [5, 5.41) is 8.73. The van der Waals surface area contributed by atoms with Crippen molar-refractivity contribution >= 4 is 12.1 Å². The normalized spacial score (nSPS) is 19.6. The van der Waals surface area contributed by atoms with Crippen LogP contribution < -0.4 is 0 Å². The number of amides is 1. The predicted octanol–water partition coefficient (Wildman–Crippen LogP) is 1.50. The van der Waals surface area contributed by atoms with E-state index in [-0.39, 0.29) is 25.0 Å². The average Bonchev–Trinajstić information content (AvgIpc) is 2.74. The highest BCUT2D eigenvalue weighted by Crippen LogP contribution is 2.18. The molecule has 90 valence electrons. The van der Waals surface area contributed by atoms with Crippen molar-refractivity contribution in [2.45, 2.75) is 19.8 Å². The predicted molar refractivity (Wildman–Crippen MR) is 58.1 cm³/mol. The Morgan fingerprint density at radius 3 is 2.75 bits per heavy atom. The quantitative estimate of drug-likeness (QED) is 0.583. The number of carbonyl (C=O) groups excluding carboxylic acids is 1. The van der Waals surface area contributed by atoms with E-state index in [0.29, 0.717) is 13.0 Å². The Kier molecular flexibility index (Phi) is 4.34. The van der Waals surface area contributed by atoms with Gasteiger partial charge in [-0.1, -0.05) is 13.5 Å². The summed E-state index contributed by atoms with van der Waals surface area (Å²) >= 11 is 0. The molecule has 1 atom stereocenters. The van der Waals surface area contributed by atoms with E-state index in [2.05, 4.69) is 6.58 Å². The van der Waals surface area contributed by atoms with Crippen molar-refractivity contribution < 1.29 is 19.4 Å². The smallest absolute Gasteiger partial charge is 0.407 e. The number of nitrogens with zero attached hydrogens (tertiary/aromatic N) is 1. The fourth-order valence-corrected chi connectivity index (χ4v) is 1.52. The Hall–Kier alpha value is -1.52. The van der Waals surface area contributed by atoms with E-state index in [1.54, 1.807) is 0 Å². The molecule has 0 bridgehead atoms. The number of esters is 1. The van der Waals surface area contributed by atoms with Gasteiger partial charge < -0.3 is 14.7 Å². The van der Waals surface area contributed by atoms with Crippen LogP contribution in [0.25, 0.3) is 0 Å². The number of hydrogen-bond acceptors (Lipinski definition) is 3. The van der Waals surface area contributed by atoms with Gasteiger partial charge in [-0.3, -0.25) is 4.79 Å². The zero-order valence-corrected chi connectivity index (χ0v) is 9.44. The van der Waals surface area contributed by atoms with Crippen LogP contribution in [0.3, 0.4) is 0 Å². The summed E-state index contributed by atoms with van der Waals surface area (Å²) in [6.07, 6.45) is 0.344. The summed E-state index contributed by atoms with van der Waals surface area (Å²) < 4.78 is 5.05. The molecule has 1 unspecified atom stereocenters. The highest BCUT2D eigenvalue weighted by atomic mass is 16.5. The average molecular weight is 227 g/mol. The van der Waals surface area contributed by atoms with Crippen LogP contribution in [0.15, 0.2) is 12.2 Å². The summed E-state index contributed by atoms with van der Waals surface area (Å²) in [5.41, 5.74) is 0.862. The summed E-state index contributed by atoms with van der Waals surface area (Å²) in [7, 11) is 0. The lowest BCUT2D eigenvalue weighted by atomic mass is 10.1. The summed E-state index contributed by atoms with van der Waals surface area (Å²) in [6.45, 7) is 6.56. The van der Waals surface area contributed by atoms with Crippen LogP contribution in [0.2, 0.25) is 0 Å². The van der Waals surface area contributed by atoms with Crippen molar-refractivity contribution in [1.82, 2.24) is 4.90 Å². The summed E-state index contributed by atoms with van der Waals surface area (Å²) in [6, 6.07) is 0. The molecule has 1 aliphatic heterocycles. The molecule has 0 radical (unpaired) electrons. The molecular weight excluding hydrogens is 210 g/mol. The van der Waals surface area contributed by atoms with Crippen molar-refractivity contribution in [2.75, 3.05) is 19.7 Å². The molecule has 16 heavy (non-hydrogen) atoms. The number of hydrogen-bond donors (Lipinski definition) is 1. The van der Waals surface area contributed by atoms with Crippen LogP contribution >= 0.6 is 0 Å². The minimum absolute atomic E-state index is 0.235. The van der Waals surface area contributed by atoms with E-state index in [9.17, 15) is 9.59 Å². The third-order valence-corrected chi connectivity index (χ3v) is 2.71. The van der Waals surface area contributed by atoms with Crippen LogP contribution in [0.4, 0.5) is 4.79 Å². The molecule has 0 aromatic rings. The van der Waals surface area contributed by atoms with E-state index in [1.165, 1.54) is 4.90 Å². The fourth-order valence-electron chi connectivity index (χ4n) is 1.52. The van der Waals surface area contributed by atoms with Crippen LogP contribution in [-0.2, 0) is 9.53 Å². The maximum atomic E-state index is 11.6. The fraction of sp³-hybridized carbons (Fsp3) is 0.636. The van der Waals surface area contributed by atoms with Gasteiger partial charge >= 0.3 is 12.1 Å². The molecular formula is C11H17NO4. The molecule has 1 saturated heterocycles. The Balaban J connectivity index is 2.34. The second kappa shape index (κ2) is 5.53. The maximum absolute atomic E-state index is 11.6. The second-order valence-corrected chi connectivity index (χ2v) is 3.93. The number of ether oxygens (including phenoxy) is 1.